The van der Waals surface area contributed by atoms with Crippen molar-refractivity contribution in [1.82, 2.24) is 9.88 Å². The maximum absolute atomic E-state index is 12.7. The van der Waals surface area contributed by atoms with E-state index in [1.165, 1.54) is 0 Å². The number of amides is 1. The van der Waals surface area contributed by atoms with E-state index in [2.05, 4.69) is 17.2 Å². The monoisotopic (exact) mass is 277 g/mol. The van der Waals surface area contributed by atoms with Crippen LogP contribution in [0, 0.1) is 6.92 Å². The van der Waals surface area contributed by atoms with Crippen LogP contribution in [0.5, 0.6) is 0 Å². The van der Waals surface area contributed by atoms with Gasteiger partial charge in [0.15, 0.2) is 0 Å². The van der Waals surface area contributed by atoms with Crippen LogP contribution in [0.15, 0.2) is 12.3 Å². The SMILES string of the molecule is CCCNc1cc(C)ncc1C(=O)N1CCOCC1C. The maximum Gasteiger partial charge on any atom is 0.257 e. The lowest BCUT2D eigenvalue weighted by Crippen LogP contribution is -2.47. The molecule has 1 fully saturated rings. The Labute approximate surface area is 120 Å². The summed E-state index contributed by atoms with van der Waals surface area (Å²) < 4.78 is 5.39. The van der Waals surface area contributed by atoms with E-state index in [4.69, 9.17) is 4.74 Å². The summed E-state index contributed by atoms with van der Waals surface area (Å²) in [5, 5.41) is 3.32. The van der Waals surface area contributed by atoms with Gasteiger partial charge < -0.3 is 15.0 Å². The van der Waals surface area contributed by atoms with Gasteiger partial charge in [0.2, 0.25) is 0 Å². The van der Waals surface area contributed by atoms with Crippen molar-refractivity contribution in [2.45, 2.75) is 33.2 Å². The van der Waals surface area contributed by atoms with Gasteiger partial charge in [0.05, 0.1) is 30.5 Å². The molecule has 0 aliphatic carbocycles. The molecule has 2 rings (SSSR count). The first-order chi connectivity index (χ1) is 9.63. The highest BCUT2D eigenvalue weighted by Gasteiger charge is 2.26. The van der Waals surface area contributed by atoms with Crippen molar-refractivity contribution in [3.63, 3.8) is 0 Å². The molecule has 1 saturated heterocycles. The van der Waals surface area contributed by atoms with Gasteiger partial charge in [-0.25, -0.2) is 0 Å². The van der Waals surface area contributed by atoms with Gasteiger partial charge in [-0.2, -0.15) is 0 Å². The lowest BCUT2D eigenvalue weighted by molar-refractivity contribution is 0.00362. The van der Waals surface area contributed by atoms with Gasteiger partial charge in [0.1, 0.15) is 0 Å². The average molecular weight is 277 g/mol. The number of aryl methyl sites for hydroxylation is 1. The highest BCUT2D eigenvalue weighted by atomic mass is 16.5. The van der Waals surface area contributed by atoms with E-state index in [0.717, 1.165) is 24.3 Å². The lowest BCUT2D eigenvalue weighted by Gasteiger charge is -2.33. The minimum absolute atomic E-state index is 0.0342. The summed E-state index contributed by atoms with van der Waals surface area (Å²) in [6.45, 7) is 8.74. The maximum atomic E-state index is 12.7. The summed E-state index contributed by atoms with van der Waals surface area (Å²) in [5.74, 6) is 0.0342. The van der Waals surface area contributed by atoms with Gasteiger partial charge >= 0.3 is 0 Å². The first kappa shape index (κ1) is 14.8. The lowest BCUT2D eigenvalue weighted by atomic mass is 10.1. The Hall–Kier alpha value is -1.62. The summed E-state index contributed by atoms with van der Waals surface area (Å²) in [7, 11) is 0. The number of aromatic nitrogens is 1. The number of carbonyl (C=O) groups excluding carboxylic acids is 1. The molecule has 20 heavy (non-hydrogen) atoms. The van der Waals surface area contributed by atoms with Crippen molar-refractivity contribution in [2.75, 3.05) is 31.6 Å². The van der Waals surface area contributed by atoms with Crippen LogP contribution in [-0.4, -0.2) is 48.1 Å². The topological polar surface area (TPSA) is 54.5 Å². The second kappa shape index (κ2) is 6.70. The van der Waals surface area contributed by atoms with E-state index in [1.807, 2.05) is 24.8 Å². The molecular formula is C15H23N3O2. The fourth-order valence-corrected chi connectivity index (χ4v) is 2.32. The summed E-state index contributed by atoms with van der Waals surface area (Å²) in [6, 6.07) is 2.05. The summed E-state index contributed by atoms with van der Waals surface area (Å²) in [6.07, 6.45) is 2.70. The number of carbonyl (C=O) groups is 1. The predicted molar refractivity (Wildman–Crippen MR) is 79.1 cm³/mol. The Bertz CT molecular complexity index is 476. The molecular weight excluding hydrogens is 254 g/mol. The highest BCUT2D eigenvalue weighted by Crippen LogP contribution is 2.20. The molecule has 0 radical (unpaired) electrons. The zero-order valence-electron chi connectivity index (χ0n) is 12.5. The highest BCUT2D eigenvalue weighted by molar-refractivity contribution is 5.99. The number of hydrogen-bond acceptors (Lipinski definition) is 4. The molecule has 5 nitrogen and oxygen atoms in total. The minimum Gasteiger partial charge on any atom is -0.384 e. The Morgan fingerprint density at radius 1 is 1.60 bits per heavy atom. The van der Waals surface area contributed by atoms with E-state index >= 15 is 0 Å². The van der Waals surface area contributed by atoms with Crippen LogP contribution in [-0.2, 0) is 4.74 Å². The second-order valence-corrected chi connectivity index (χ2v) is 5.22. The molecule has 0 bridgehead atoms. The molecule has 110 valence electrons. The van der Waals surface area contributed by atoms with Crippen LogP contribution < -0.4 is 5.32 Å². The molecule has 0 saturated carbocycles. The number of ether oxygens (including phenoxy) is 1. The molecule has 0 spiro atoms. The predicted octanol–water partition coefficient (Wildman–Crippen LogP) is 2.07. The van der Waals surface area contributed by atoms with Crippen LogP contribution in [0.1, 0.15) is 36.3 Å². The Kier molecular flexibility index (Phi) is 4.95. The average Bonchev–Trinajstić information content (AvgIpc) is 2.45. The normalized spacial score (nSPS) is 18.9. The van der Waals surface area contributed by atoms with E-state index in [0.29, 0.717) is 25.3 Å². The van der Waals surface area contributed by atoms with Crippen molar-refractivity contribution < 1.29 is 9.53 Å². The third kappa shape index (κ3) is 3.28. The molecule has 1 N–H and O–H groups in total. The molecule has 1 unspecified atom stereocenters. The fourth-order valence-electron chi connectivity index (χ4n) is 2.32. The molecule has 1 aromatic rings. The van der Waals surface area contributed by atoms with E-state index < -0.39 is 0 Å². The zero-order valence-corrected chi connectivity index (χ0v) is 12.5. The molecule has 0 aromatic carbocycles. The number of nitrogens with zero attached hydrogens (tertiary/aromatic N) is 2. The quantitative estimate of drug-likeness (QED) is 0.915. The van der Waals surface area contributed by atoms with Crippen LogP contribution in [0.2, 0.25) is 0 Å². The van der Waals surface area contributed by atoms with Crippen LogP contribution >= 0.6 is 0 Å². The van der Waals surface area contributed by atoms with E-state index in [9.17, 15) is 4.79 Å². The van der Waals surface area contributed by atoms with Crippen LogP contribution in [0.4, 0.5) is 5.69 Å². The number of hydrogen-bond donors (Lipinski definition) is 1. The number of nitrogens with one attached hydrogen (secondary N) is 1. The van der Waals surface area contributed by atoms with Crippen LogP contribution in [0.3, 0.4) is 0 Å². The van der Waals surface area contributed by atoms with Gasteiger partial charge in [-0.05, 0) is 26.3 Å². The minimum atomic E-state index is 0.0342. The zero-order chi connectivity index (χ0) is 14.5. The van der Waals surface area contributed by atoms with Gasteiger partial charge in [0.25, 0.3) is 5.91 Å². The first-order valence-electron chi connectivity index (χ1n) is 7.22. The Balaban J connectivity index is 2.23. The standard InChI is InChI=1S/C15H23N3O2/c1-4-5-16-14-8-11(2)17-9-13(14)15(19)18-6-7-20-10-12(18)3/h8-9,12H,4-7,10H2,1-3H3,(H,16,17). The third-order valence-electron chi connectivity index (χ3n) is 3.47. The number of rotatable bonds is 4. The van der Waals surface area contributed by atoms with Crippen molar-refractivity contribution in [2.24, 2.45) is 0 Å². The van der Waals surface area contributed by atoms with Crippen molar-refractivity contribution in [3.8, 4) is 0 Å². The van der Waals surface area contributed by atoms with Crippen molar-refractivity contribution in [1.29, 1.82) is 0 Å². The van der Waals surface area contributed by atoms with Gasteiger partial charge in [-0.1, -0.05) is 6.92 Å². The fraction of sp³-hybridized carbons (Fsp3) is 0.600. The Morgan fingerprint density at radius 2 is 2.40 bits per heavy atom. The van der Waals surface area contributed by atoms with E-state index in [-0.39, 0.29) is 11.9 Å². The molecule has 1 amide bonds. The third-order valence-corrected chi connectivity index (χ3v) is 3.47. The number of morpholine rings is 1. The molecule has 1 aromatic heterocycles. The van der Waals surface area contributed by atoms with Crippen molar-refractivity contribution >= 4 is 11.6 Å². The van der Waals surface area contributed by atoms with Crippen molar-refractivity contribution in [3.05, 3.63) is 23.5 Å². The number of anilines is 1. The summed E-state index contributed by atoms with van der Waals surface area (Å²) in [5.41, 5.74) is 2.44. The smallest absolute Gasteiger partial charge is 0.257 e. The summed E-state index contributed by atoms with van der Waals surface area (Å²) in [4.78, 5) is 18.8. The van der Waals surface area contributed by atoms with Gasteiger partial charge in [-0.3, -0.25) is 9.78 Å². The molecule has 1 aliphatic rings. The van der Waals surface area contributed by atoms with Gasteiger partial charge in [0, 0.05) is 25.0 Å². The van der Waals surface area contributed by atoms with E-state index in [1.54, 1.807) is 6.20 Å². The summed E-state index contributed by atoms with van der Waals surface area (Å²) >= 11 is 0. The first-order valence-corrected chi connectivity index (χ1v) is 7.22. The van der Waals surface area contributed by atoms with Crippen LogP contribution in [0.25, 0.3) is 0 Å². The molecule has 1 atom stereocenters. The molecule has 5 heteroatoms. The second-order valence-electron chi connectivity index (χ2n) is 5.22. The largest absolute Gasteiger partial charge is 0.384 e. The Morgan fingerprint density at radius 3 is 3.10 bits per heavy atom. The molecule has 2 heterocycles. The number of pyridine rings is 1. The van der Waals surface area contributed by atoms with Gasteiger partial charge in [-0.15, -0.1) is 0 Å². The molecule has 1 aliphatic heterocycles.